The van der Waals surface area contributed by atoms with Crippen LogP contribution in [0.15, 0.2) is 11.6 Å². The Morgan fingerprint density at radius 2 is 2.00 bits per heavy atom. The minimum Gasteiger partial charge on any atom is -0.466 e. The second-order valence-corrected chi connectivity index (χ2v) is 11.6. The molecule has 0 radical (unpaired) electrons. The zero-order valence-corrected chi connectivity index (χ0v) is 19.8. The van der Waals surface area contributed by atoms with Crippen molar-refractivity contribution in [2.45, 2.75) is 104 Å². The third-order valence-electron chi connectivity index (χ3n) is 10.2. The lowest BCUT2D eigenvalue weighted by Crippen LogP contribution is -2.50. The summed E-state index contributed by atoms with van der Waals surface area (Å²) in [5, 5.41) is 10.2. The number of aliphatic hydroxyl groups is 1. The maximum atomic E-state index is 11.7. The molecule has 170 valence electrons. The molecule has 0 amide bonds. The number of carbonyl (C=O) groups is 1. The van der Waals surface area contributed by atoms with Crippen LogP contribution >= 0.6 is 0 Å². The first-order valence-corrected chi connectivity index (χ1v) is 12.8. The average Bonchev–Trinajstić information content (AvgIpc) is 3.06. The third kappa shape index (κ3) is 3.78. The van der Waals surface area contributed by atoms with E-state index in [2.05, 4.69) is 26.8 Å². The van der Waals surface area contributed by atoms with Crippen LogP contribution in [0.5, 0.6) is 0 Å². The van der Waals surface area contributed by atoms with E-state index in [4.69, 9.17) is 4.74 Å². The Labute approximate surface area is 184 Å². The molecule has 0 aromatic rings. The van der Waals surface area contributed by atoms with Crippen LogP contribution in [-0.4, -0.2) is 23.8 Å². The van der Waals surface area contributed by atoms with Crippen molar-refractivity contribution in [2.75, 3.05) is 6.61 Å². The summed E-state index contributed by atoms with van der Waals surface area (Å²) in [6.45, 7) is 9.95. The quantitative estimate of drug-likeness (QED) is 0.408. The first-order chi connectivity index (χ1) is 14.3. The molecule has 4 aliphatic carbocycles. The predicted molar refractivity (Wildman–Crippen MR) is 121 cm³/mol. The van der Waals surface area contributed by atoms with E-state index in [9.17, 15) is 9.90 Å². The molecule has 8 atom stereocenters. The summed E-state index contributed by atoms with van der Waals surface area (Å²) in [5.41, 5.74) is 2.39. The Kier molecular flexibility index (Phi) is 6.41. The number of ether oxygens (including phenoxy) is 1. The van der Waals surface area contributed by atoms with Gasteiger partial charge in [-0.3, -0.25) is 4.79 Å². The van der Waals surface area contributed by atoms with Crippen molar-refractivity contribution in [1.82, 2.24) is 0 Å². The summed E-state index contributed by atoms with van der Waals surface area (Å²) in [5.74, 6) is 3.98. The van der Waals surface area contributed by atoms with E-state index in [1.165, 1.54) is 38.5 Å². The molecule has 0 bridgehead atoms. The number of allylic oxidation sites excluding steroid dienone is 1. The van der Waals surface area contributed by atoms with Gasteiger partial charge in [-0.1, -0.05) is 32.4 Å². The predicted octanol–water partition coefficient (Wildman–Crippen LogP) is 6.30. The highest BCUT2D eigenvalue weighted by Crippen LogP contribution is 2.67. The van der Waals surface area contributed by atoms with E-state index >= 15 is 0 Å². The monoisotopic (exact) mass is 416 g/mol. The molecule has 1 N–H and O–H groups in total. The van der Waals surface area contributed by atoms with E-state index in [1.807, 2.05) is 6.92 Å². The Balaban J connectivity index is 1.43. The Morgan fingerprint density at radius 3 is 2.77 bits per heavy atom. The molecule has 3 heteroatoms. The Hall–Kier alpha value is -0.830. The number of fused-ring (bicyclic) bond motifs is 5. The molecule has 0 unspecified atom stereocenters. The van der Waals surface area contributed by atoms with Gasteiger partial charge in [0.2, 0.25) is 0 Å². The lowest BCUT2D eigenvalue weighted by Gasteiger charge is -2.58. The van der Waals surface area contributed by atoms with Crippen LogP contribution in [0.3, 0.4) is 0 Å². The molecule has 3 fully saturated rings. The minimum absolute atomic E-state index is 0.0311. The van der Waals surface area contributed by atoms with Gasteiger partial charge in [-0.05, 0) is 112 Å². The molecule has 0 spiro atoms. The highest BCUT2D eigenvalue weighted by atomic mass is 16.5. The standard InChI is InChI=1S/C27H44O3/c1-5-30-25(29)8-6-7-18(2)22-11-12-23-21-10-9-19-17-20(28)13-15-26(19,3)24(21)14-16-27(22,23)4/h9,18,20-24,28H,5-8,10-17H2,1-4H3/t18-,20+,21+,22-,23+,24+,26+,27-/m1/s1. The molecule has 4 aliphatic rings. The average molecular weight is 417 g/mol. The van der Waals surface area contributed by atoms with Gasteiger partial charge in [0.25, 0.3) is 0 Å². The van der Waals surface area contributed by atoms with E-state index in [0.717, 1.165) is 49.4 Å². The summed E-state index contributed by atoms with van der Waals surface area (Å²) < 4.78 is 5.11. The van der Waals surface area contributed by atoms with Crippen LogP contribution < -0.4 is 0 Å². The fourth-order valence-electron chi connectivity index (χ4n) is 8.62. The molecule has 0 aromatic heterocycles. The molecule has 4 rings (SSSR count). The van der Waals surface area contributed by atoms with E-state index in [-0.39, 0.29) is 12.1 Å². The highest BCUT2D eigenvalue weighted by Gasteiger charge is 2.59. The number of hydrogen-bond acceptors (Lipinski definition) is 3. The van der Waals surface area contributed by atoms with Crippen LogP contribution in [0.25, 0.3) is 0 Å². The van der Waals surface area contributed by atoms with Crippen LogP contribution in [0.2, 0.25) is 0 Å². The fourth-order valence-corrected chi connectivity index (χ4v) is 8.62. The molecule has 0 saturated heterocycles. The van der Waals surface area contributed by atoms with Gasteiger partial charge >= 0.3 is 5.97 Å². The summed E-state index contributed by atoms with van der Waals surface area (Å²) in [4.78, 5) is 11.7. The van der Waals surface area contributed by atoms with Gasteiger partial charge in [-0.25, -0.2) is 0 Å². The summed E-state index contributed by atoms with van der Waals surface area (Å²) in [6, 6.07) is 0. The molecule has 0 aromatic carbocycles. The lowest BCUT2D eigenvalue weighted by atomic mass is 9.47. The van der Waals surface area contributed by atoms with Gasteiger partial charge in [-0.2, -0.15) is 0 Å². The van der Waals surface area contributed by atoms with Crippen LogP contribution in [0, 0.1) is 40.4 Å². The van der Waals surface area contributed by atoms with E-state index in [1.54, 1.807) is 5.57 Å². The van der Waals surface area contributed by atoms with Crippen molar-refractivity contribution in [3.05, 3.63) is 11.6 Å². The van der Waals surface area contributed by atoms with Crippen LogP contribution in [-0.2, 0) is 9.53 Å². The second-order valence-electron chi connectivity index (χ2n) is 11.6. The zero-order chi connectivity index (χ0) is 21.5. The fraction of sp³-hybridized carbons (Fsp3) is 0.889. The minimum atomic E-state index is -0.110. The molecule has 3 saturated carbocycles. The zero-order valence-electron chi connectivity index (χ0n) is 19.8. The van der Waals surface area contributed by atoms with Crippen molar-refractivity contribution in [3.8, 4) is 0 Å². The third-order valence-corrected chi connectivity index (χ3v) is 10.2. The van der Waals surface area contributed by atoms with Gasteiger partial charge in [0, 0.05) is 6.42 Å². The van der Waals surface area contributed by atoms with Gasteiger partial charge < -0.3 is 9.84 Å². The van der Waals surface area contributed by atoms with Gasteiger partial charge in [-0.15, -0.1) is 0 Å². The molecular weight excluding hydrogens is 372 g/mol. The number of carbonyl (C=O) groups excluding carboxylic acids is 1. The summed E-state index contributed by atoms with van der Waals surface area (Å²) in [7, 11) is 0. The maximum Gasteiger partial charge on any atom is 0.305 e. The van der Waals surface area contributed by atoms with E-state index in [0.29, 0.717) is 29.8 Å². The first kappa shape index (κ1) is 22.4. The normalized spacial score (nSPS) is 43.8. The molecule has 30 heavy (non-hydrogen) atoms. The van der Waals surface area contributed by atoms with Crippen molar-refractivity contribution in [2.24, 2.45) is 40.4 Å². The topological polar surface area (TPSA) is 46.5 Å². The molecular formula is C27H44O3. The molecule has 0 heterocycles. The largest absolute Gasteiger partial charge is 0.466 e. The van der Waals surface area contributed by atoms with Crippen molar-refractivity contribution >= 4 is 5.97 Å². The highest BCUT2D eigenvalue weighted by molar-refractivity contribution is 5.69. The Morgan fingerprint density at radius 1 is 1.20 bits per heavy atom. The maximum absolute atomic E-state index is 11.7. The SMILES string of the molecule is CCOC(=O)CCC[C@@H](C)[C@H]1CC[C@H]2[C@@H]3CC=C4C[C@@H](O)CC[C@]4(C)[C@H]3CC[C@]12C. The first-order valence-electron chi connectivity index (χ1n) is 12.8. The lowest BCUT2D eigenvalue weighted by molar-refractivity contribution is -0.143. The number of aliphatic hydroxyl groups excluding tert-OH is 1. The summed E-state index contributed by atoms with van der Waals surface area (Å²) >= 11 is 0. The van der Waals surface area contributed by atoms with Crippen LogP contribution in [0.4, 0.5) is 0 Å². The van der Waals surface area contributed by atoms with Crippen molar-refractivity contribution in [3.63, 3.8) is 0 Å². The van der Waals surface area contributed by atoms with Gasteiger partial charge in [0.05, 0.1) is 12.7 Å². The molecule has 0 aliphatic heterocycles. The van der Waals surface area contributed by atoms with E-state index < -0.39 is 0 Å². The number of esters is 1. The number of rotatable bonds is 6. The van der Waals surface area contributed by atoms with Crippen molar-refractivity contribution in [1.29, 1.82) is 0 Å². The summed E-state index contributed by atoms with van der Waals surface area (Å²) in [6.07, 6.45) is 15.0. The van der Waals surface area contributed by atoms with Gasteiger partial charge in [0.15, 0.2) is 0 Å². The van der Waals surface area contributed by atoms with Gasteiger partial charge in [0.1, 0.15) is 0 Å². The smallest absolute Gasteiger partial charge is 0.305 e. The Bertz CT molecular complexity index is 669. The molecule has 3 nitrogen and oxygen atoms in total. The second kappa shape index (κ2) is 8.60. The van der Waals surface area contributed by atoms with Crippen molar-refractivity contribution < 1.29 is 14.6 Å². The number of hydrogen-bond donors (Lipinski definition) is 1. The van der Waals surface area contributed by atoms with Crippen LogP contribution in [0.1, 0.15) is 98.3 Å².